The molecule has 0 unspecified atom stereocenters. The number of hydrogen-bond donors (Lipinski definition) is 1. The molecule has 0 saturated carbocycles. The average Bonchev–Trinajstić information content (AvgIpc) is 3.11. The van der Waals surface area contributed by atoms with Crippen molar-refractivity contribution >= 4 is 10.9 Å². The van der Waals surface area contributed by atoms with E-state index >= 15 is 0 Å². The minimum Gasteiger partial charge on any atom is -0.507 e. The molecule has 2 aromatic carbocycles. The lowest BCUT2D eigenvalue weighted by atomic mass is 9.74. The Labute approximate surface area is 189 Å². The SMILES string of the molecule is CCC(C)(C)CC[C@@]1(C)OCC(C)(C)c2c1c1c(O)cccc1n2-c1ccc(F)c(F)c1. The summed E-state index contributed by atoms with van der Waals surface area (Å²) in [5.41, 5.74) is 2.37. The Morgan fingerprint density at radius 3 is 2.47 bits per heavy atom. The third-order valence-corrected chi connectivity index (χ3v) is 7.29. The van der Waals surface area contributed by atoms with E-state index in [1.165, 1.54) is 6.07 Å². The van der Waals surface area contributed by atoms with Crippen molar-refractivity contribution in [3.05, 3.63) is 59.3 Å². The lowest BCUT2D eigenvalue weighted by molar-refractivity contribution is -0.0825. The number of rotatable bonds is 5. The average molecular weight is 442 g/mol. The lowest BCUT2D eigenvalue weighted by Crippen LogP contribution is -2.42. The second kappa shape index (κ2) is 7.58. The molecular weight excluding hydrogens is 408 g/mol. The van der Waals surface area contributed by atoms with Crippen LogP contribution in [0, 0.1) is 17.0 Å². The molecule has 32 heavy (non-hydrogen) atoms. The van der Waals surface area contributed by atoms with Gasteiger partial charge < -0.3 is 14.4 Å². The van der Waals surface area contributed by atoms with Crippen molar-refractivity contribution in [3.8, 4) is 11.4 Å². The molecular formula is C27H33F2NO2. The highest BCUT2D eigenvalue weighted by Crippen LogP contribution is 2.52. The molecule has 4 rings (SSSR count). The summed E-state index contributed by atoms with van der Waals surface area (Å²) in [5, 5.41) is 11.7. The van der Waals surface area contributed by atoms with E-state index in [2.05, 4.69) is 41.5 Å². The number of fused-ring (bicyclic) bond motifs is 3. The maximum atomic E-state index is 14.3. The maximum Gasteiger partial charge on any atom is 0.160 e. The number of benzene rings is 2. The maximum absolute atomic E-state index is 14.3. The number of phenolic OH excluding ortho intramolecular Hbond substituents is 1. The molecule has 0 radical (unpaired) electrons. The third-order valence-electron chi connectivity index (χ3n) is 7.29. The van der Waals surface area contributed by atoms with Gasteiger partial charge in [0.05, 0.1) is 17.7 Å². The second-order valence-electron chi connectivity index (χ2n) is 10.7. The topological polar surface area (TPSA) is 34.4 Å². The molecule has 2 heterocycles. The molecule has 1 N–H and O–H groups in total. The van der Waals surface area contributed by atoms with Crippen LogP contribution in [0.4, 0.5) is 8.78 Å². The van der Waals surface area contributed by atoms with E-state index in [-0.39, 0.29) is 11.2 Å². The summed E-state index contributed by atoms with van der Waals surface area (Å²) in [6.45, 7) is 13.5. The number of ether oxygens (including phenoxy) is 1. The molecule has 0 saturated heterocycles. The zero-order valence-corrected chi connectivity index (χ0v) is 19.9. The smallest absolute Gasteiger partial charge is 0.160 e. The summed E-state index contributed by atoms with van der Waals surface area (Å²) in [6, 6.07) is 9.34. The van der Waals surface area contributed by atoms with E-state index in [1.807, 2.05) is 10.6 Å². The largest absolute Gasteiger partial charge is 0.507 e. The van der Waals surface area contributed by atoms with Crippen LogP contribution in [0.15, 0.2) is 36.4 Å². The van der Waals surface area contributed by atoms with E-state index in [4.69, 9.17) is 4.74 Å². The van der Waals surface area contributed by atoms with Gasteiger partial charge in [-0.25, -0.2) is 8.78 Å². The van der Waals surface area contributed by atoms with Crippen LogP contribution >= 0.6 is 0 Å². The number of aromatic nitrogens is 1. The number of hydrogen-bond acceptors (Lipinski definition) is 2. The van der Waals surface area contributed by atoms with Gasteiger partial charge >= 0.3 is 0 Å². The molecule has 172 valence electrons. The summed E-state index contributed by atoms with van der Waals surface area (Å²) in [5.74, 6) is -1.60. The summed E-state index contributed by atoms with van der Waals surface area (Å²) < 4.78 is 36.5. The van der Waals surface area contributed by atoms with Crippen LogP contribution in [0.2, 0.25) is 0 Å². The quantitative estimate of drug-likeness (QED) is 0.449. The number of aromatic hydroxyl groups is 1. The van der Waals surface area contributed by atoms with E-state index in [1.54, 1.807) is 18.2 Å². The number of halogens is 2. The van der Waals surface area contributed by atoms with Crippen molar-refractivity contribution in [2.24, 2.45) is 5.41 Å². The fraction of sp³-hybridized carbons (Fsp3) is 0.481. The predicted octanol–water partition coefficient (Wildman–Crippen LogP) is 7.35. The molecule has 0 spiro atoms. The second-order valence-corrected chi connectivity index (χ2v) is 10.7. The Hall–Kier alpha value is -2.40. The van der Waals surface area contributed by atoms with Crippen molar-refractivity contribution in [2.75, 3.05) is 6.61 Å². The van der Waals surface area contributed by atoms with E-state index in [9.17, 15) is 13.9 Å². The minimum atomic E-state index is -0.893. The number of nitrogens with zero attached hydrogens (tertiary/aromatic N) is 1. The van der Waals surface area contributed by atoms with Crippen LogP contribution in [0.1, 0.15) is 72.1 Å². The van der Waals surface area contributed by atoms with Crippen molar-refractivity contribution < 1.29 is 18.6 Å². The third kappa shape index (κ3) is 3.61. The first-order valence-corrected chi connectivity index (χ1v) is 11.4. The molecule has 1 aliphatic rings. The predicted molar refractivity (Wildman–Crippen MR) is 124 cm³/mol. The molecule has 0 amide bonds. The van der Waals surface area contributed by atoms with Gasteiger partial charge in [0, 0.05) is 33.8 Å². The van der Waals surface area contributed by atoms with Gasteiger partial charge in [-0.1, -0.05) is 47.1 Å². The highest BCUT2D eigenvalue weighted by molar-refractivity contribution is 5.94. The fourth-order valence-corrected chi connectivity index (χ4v) is 4.80. The summed E-state index contributed by atoms with van der Waals surface area (Å²) in [6.07, 6.45) is 2.82. The Morgan fingerprint density at radius 2 is 1.81 bits per heavy atom. The Balaban J connectivity index is 2.04. The summed E-state index contributed by atoms with van der Waals surface area (Å²) in [7, 11) is 0. The Morgan fingerprint density at radius 1 is 1.09 bits per heavy atom. The van der Waals surface area contributed by atoms with Crippen LogP contribution in [-0.2, 0) is 15.8 Å². The summed E-state index contributed by atoms with van der Waals surface area (Å²) in [4.78, 5) is 0. The molecule has 1 aliphatic heterocycles. The van der Waals surface area contributed by atoms with Crippen molar-refractivity contribution in [1.29, 1.82) is 0 Å². The van der Waals surface area contributed by atoms with Gasteiger partial charge in [-0.3, -0.25) is 0 Å². The van der Waals surface area contributed by atoms with Crippen molar-refractivity contribution in [3.63, 3.8) is 0 Å². The van der Waals surface area contributed by atoms with Gasteiger partial charge in [-0.15, -0.1) is 0 Å². The molecule has 5 heteroatoms. The molecule has 1 atom stereocenters. The first-order chi connectivity index (χ1) is 14.9. The van der Waals surface area contributed by atoms with Gasteiger partial charge in [0.15, 0.2) is 11.6 Å². The van der Waals surface area contributed by atoms with Gasteiger partial charge in [0.2, 0.25) is 0 Å². The van der Waals surface area contributed by atoms with Gasteiger partial charge in [0.25, 0.3) is 0 Å². The van der Waals surface area contributed by atoms with Gasteiger partial charge in [0.1, 0.15) is 5.75 Å². The van der Waals surface area contributed by atoms with E-state index in [0.717, 1.165) is 47.5 Å². The van der Waals surface area contributed by atoms with Crippen LogP contribution in [0.25, 0.3) is 16.6 Å². The molecule has 0 aliphatic carbocycles. The normalized spacial score (nSPS) is 20.5. The van der Waals surface area contributed by atoms with Crippen LogP contribution in [0.3, 0.4) is 0 Å². The fourth-order valence-electron chi connectivity index (χ4n) is 4.80. The first kappa shape index (κ1) is 22.8. The Bertz CT molecular complexity index is 1180. The first-order valence-electron chi connectivity index (χ1n) is 11.4. The molecule has 0 bridgehead atoms. The zero-order chi connectivity index (χ0) is 23.5. The van der Waals surface area contributed by atoms with Crippen molar-refractivity contribution in [2.45, 2.75) is 71.8 Å². The highest BCUT2D eigenvalue weighted by Gasteiger charge is 2.46. The van der Waals surface area contributed by atoms with Gasteiger partial charge in [-0.2, -0.15) is 0 Å². The summed E-state index contributed by atoms with van der Waals surface area (Å²) >= 11 is 0. The molecule has 3 aromatic rings. The highest BCUT2D eigenvalue weighted by atomic mass is 19.2. The van der Waals surface area contributed by atoms with Crippen molar-refractivity contribution in [1.82, 2.24) is 4.57 Å². The minimum absolute atomic E-state index is 0.167. The standard InChI is InChI=1S/C27H33F2NO2/c1-7-25(2,3)13-14-27(6)23-22-20(9-8-10-21(22)31)30(24(23)26(4,5)16-32-27)17-11-12-18(28)19(29)15-17/h8-12,15,31H,7,13-14,16H2,1-6H3/t27-/m1/s1. The number of phenols is 1. The van der Waals surface area contributed by atoms with Gasteiger partial charge in [-0.05, 0) is 49.4 Å². The lowest BCUT2D eigenvalue weighted by Gasteiger charge is -2.44. The van der Waals surface area contributed by atoms with E-state index < -0.39 is 22.7 Å². The van der Waals surface area contributed by atoms with Crippen LogP contribution in [-0.4, -0.2) is 16.3 Å². The molecule has 0 fully saturated rings. The monoisotopic (exact) mass is 441 g/mol. The van der Waals surface area contributed by atoms with E-state index in [0.29, 0.717) is 12.3 Å². The van der Waals surface area contributed by atoms with Crippen LogP contribution in [0.5, 0.6) is 5.75 Å². The molecule has 3 nitrogen and oxygen atoms in total. The Kier molecular flexibility index (Phi) is 5.40. The van der Waals surface area contributed by atoms with Crippen LogP contribution < -0.4 is 0 Å². The molecule has 1 aromatic heterocycles. The zero-order valence-electron chi connectivity index (χ0n) is 19.9.